The Hall–Kier alpha value is -2.40. The second-order valence-electron chi connectivity index (χ2n) is 5.54. The highest BCUT2D eigenvalue weighted by Gasteiger charge is 2.15. The lowest BCUT2D eigenvalue weighted by atomic mass is 10.2. The maximum absolute atomic E-state index is 6.44. The van der Waals surface area contributed by atoms with Crippen LogP contribution >= 0.6 is 11.6 Å². The van der Waals surface area contributed by atoms with Crippen LogP contribution in [0.15, 0.2) is 30.3 Å². The van der Waals surface area contributed by atoms with Gasteiger partial charge in [0.15, 0.2) is 11.5 Å². The summed E-state index contributed by atoms with van der Waals surface area (Å²) in [6.45, 7) is 5.09. The molecule has 1 heterocycles. The maximum atomic E-state index is 6.44. The van der Waals surface area contributed by atoms with Gasteiger partial charge in [-0.3, -0.25) is 0 Å². The smallest absolute Gasteiger partial charge is 0.179 e. The fourth-order valence-corrected chi connectivity index (χ4v) is 2.83. The summed E-state index contributed by atoms with van der Waals surface area (Å²) in [5.74, 6) is 2.69. The van der Waals surface area contributed by atoms with Crippen LogP contribution in [0.3, 0.4) is 0 Å². The summed E-state index contributed by atoms with van der Waals surface area (Å²) in [5.41, 5.74) is 2.60. The Morgan fingerprint density at radius 2 is 1.96 bits per heavy atom. The van der Waals surface area contributed by atoms with Gasteiger partial charge in [-0.05, 0) is 37.6 Å². The Kier molecular flexibility index (Phi) is 5.34. The molecule has 2 aromatic carbocycles. The van der Waals surface area contributed by atoms with Crippen LogP contribution < -0.4 is 14.2 Å². The van der Waals surface area contributed by atoms with Gasteiger partial charge in [0.25, 0.3) is 0 Å². The Labute approximate surface area is 151 Å². The minimum absolute atomic E-state index is 0.507. The first-order valence-corrected chi connectivity index (χ1v) is 8.67. The van der Waals surface area contributed by atoms with Gasteiger partial charge in [0.2, 0.25) is 0 Å². The van der Waals surface area contributed by atoms with Crippen molar-refractivity contribution in [3.63, 3.8) is 0 Å². The van der Waals surface area contributed by atoms with E-state index in [9.17, 15) is 0 Å². The van der Waals surface area contributed by atoms with Gasteiger partial charge in [-0.15, -0.1) is 0 Å². The van der Waals surface area contributed by atoms with Gasteiger partial charge < -0.3 is 19.2 Å². The van der Waals surface area contributed by atoms with Crippen molar-refractivity contribution < 1.29 is 14.2 Å². The average Bonchev–Trinajstić information content (AvgIpc) is 3.04. The molecule has 25 heavy (non-hydrogen) atoms. The molecule has 0 saturated carbocycles. The number of aromatic amines is 1. The van der Waals surface area contributed by atoms with E-state index in [1.54, 1.807) is 7.11 Å². The van der Waals surface area contributed by atoms with E-state index in [1.165, 1.54) is 0 Å². The molecule has 1 N–H and O–H groups in total. The number of nitrogens with one attached hydrogen (secondary N) is 1. The number of fused-ring (bicyclic) bond motifs is 1. The lowest BCUT2D eigenvalue weighted by Crippen LogP contribution is -2.01. The van der Waals surface area contributed by atoms with E-state index in [-0.39, 0.29) is 0 Å². The summed E-state index contributed by atoms with van der Waals surface area (Å²) in [5, 5.41) is 0.507. The van der Waals surface area contributed by atoms with Crippen LogP contribution in [0.1, 0.15) is 20.3 Å². The van der Waals surface area contributed by atoms with Crippen molar-refractivity contribution >= 4 is 22.6 Å². The Morgan fingerprint density at radius 3 is 2.68 bits per heavy atom. The molecule has 0 unspecified atom stereocenters. The average molecular weight is 361 g/mol. The van der Waals surface area contributed by atoms with Gasteiger partial charge in [0.05, 0.1) is 36.4 Å². The van der Waals surface area contributed by atoms with Crippen LogP contribution in [0, 0.1) is 0 Å². The Morgan fingerprint density at radius 1 is 1.12 bits per heavy atom. The zero-order valence-corrected chi connectivity index (χ0v) is 15.3. The van der Waals surface area contributed by atoms with E-state index in [0.717, 1.165) is 28.8 Å². The minimum Gasteiger partial charge on any atom is -0.497 e. The van der Waals surface area contributed by atoms with Crippen molar-refractivity contribution in [1.82, 2.24) is 9.97 Å². The summed E-state index contributed by atoms with van der Waals surface area (Å²) in [6.07, 6.45) is 0.898. The minimum atomic E-state index is 0.507. The first-order chi connectivity index (χ1) is 12.2. The number of aromatic nitrogens is 2. The molecule has 0 fully saturated rings. The highest BCUT2D eigenvalue weighted by Crippen LogP contribution is 2.39. The molecule has 0 aliphatic heterocycles. The zero-order valence-electron chi connectivity index (χ0n) is 14.6. The second-order valence-corrected chi connectivity index (χ2v) is 5.94. The molecule has 1 aromatic heterocycles. The number of rotatable bonds is 7. The number of ether oxygens (including phenoxy) is 3. The number of halogens is 1. The van der Waals surface area contributed by atoms with Crippen LogP contribution in [0.4, 0.5) is 0 Å². The topological polar surface area (TPSA) is 56.4 Å². The fraction of sp³-hybridized carbons (Fsp3) is 0.316. The third-order valence-electron chi connectivity index (χ3n) is 3.72. The van der Waals surface area contributed by atoms with Gasteiger partial charge >= 0.3 is 0 Å². The molecule has 3 aromatic rings. The van der Waals surface area contributed by atoms with E-state index in [4.69, 9.17) is 25.8 Å². The molecule has 0 amide bonds. The summed E-state index contributed by atoms with van der Waals surface area (Å²) >= 11 is 6.44. The molecule has 0 aliphatic carbocycles. The van der Waals surface area contributed by atoms with Gasteiger partial charge in [-0.2, -0.15) is 0 Å². The maximum Gasteiger partial charge on any atom is 0.179 e. The fourth-order valence-electron chi connectivity index (χ4n) is 2.56. The highest BCUT2D eigenvalue weighted by atomic mass is 35.5. The second kappa shape index (κ2) is 7.66. The lowest BCUT2D eigenvalue weighted by Gasteiger charge is -2.14. The van der Waals surface area contributed by atoms with Gasteiger partial charge in [-0.25, -0.2) is 4.98 Å². The monoisotopic (exact) mass is 360 g/mol. The molecule has 0 radical (unpaired) electrons. The molecule has 6 heteroatoms. The standard InChI is InChI=1S/C19H21ClN2O3/c1-4-8-25-18-14(20)9-12(10-17(18)24-5-2)19-21-15-7-6-13(23-3)11-16(15)22-19/h6-7,9-11H,4-5,8H2,1-3H3,(H,21,22). The highest BCUT2D eigenvalue weighted by molar-refractivity contribution is 6.32. The molecule has 3 rings (SSSR count). The number of nitrogens with zero attached hydrogens (tertiary/aromatic N) is 1. The SMILES string of the molecule is CCCOc1c(Cl)cc(-c2nc3ccc(OC)cc3[nH]2)cc1OCC. The number of H-pyrrole nitrogens is 1. The van der Waals surface area contributed by atoms with Crippen LogP contribution in [0.5, 0.6) is 17.2 Å². The molecule has 0 saturated heterocycles. The molecule has 5 nitrogen and oxygen atoms in total. The largest absolute Gasteiger partial charge is 0.497 e. The number of hydrogen-bond acceptors (Lipinski definition) is 4. The predicted octanol–water partition coefficient (Wildman–Crippen LogP) is 5.08. The van der Waals surface area contributed by atoms with Gasteiger partial charge in [-0.1, -0.05) is 18.5 Å². The summed E-state index contributed by atoms with van der Waals surface area (Å²) < 4.78 is 16.7. The number of methoxy groups -OCH3 is 1. The van der Waals surface area contributed by atoms with E-state index < -0.39 is 0 Å². The van der Waals surface area contributed by atoms with Crippen molar-refractivity contribution in [2.45, 2.75) is 20.3 Å². The van der Waals surface area contributed by atoms with Crippen molar-refractivity contribution in [1.29, 1.82) is 0 Å². The Balaban J connectivity index is 2.04. The number of benzene rings is 2. The van der Waals surface area contributed by atoms with E-state index in [0.29, 0.717) is 35.6 Å². The van der Waals surface area contributed by atoms with Crippen LogP contribution in [-0.4, -0.2) is 30.3 Å². The molecule has 0 bridgehead atoms. The van der Waals surface area contributed by atoms with Crippen LogP contribution in [-0.2, 0) is 0 Å². The molecule has 0 spiro atoms. The molecule has 132 valence electrons. The van der Waals surface area contributed by atoms with Crippen molar-refractivity contribution in [2.75, 3.05) is 20.3 Å². The normalized spacial score (nSPS) is 10.9. The number of imidazole rings is 1. The van der Waals surface area contributed by atoms with Crippen molar-refractivity contribution in [2.24, 2.45) is 0 Å². The van der Waals surface area contributed by atoms with Gasteiger partial charge in [0, 0.05) is 11.6 Å². The molecule has 0 atom stereocenters. The van der Waals surface area contributed by atoms with E-state index in [2.05, 4.69) is 9.97 Å². The van der Waals surface area contributed by atoms with Crippen LogP contribution in [0.2, 0.25) is 5.02 Å². The molecular weight excluding hydrogens is 340 g/mol. The quantitative estimate of drug-likeness (QED) is 0.638. The predicted molar refractivity (Wildman–Crippen MR) is 100 cm³/mol. The third-order valence-corrected chi connectivity index (χ3v) is 4.00. The van der Waals surface area contributed by atoms with Gasteiger partial charge in [0.1, 0.15) is 11.6 Å². The Bertz CT molecular complexity index is 876. The zero-order chi connectivity index (χ0) is 17.8. The molecular formula is C19H21ClN2O3. The van der Waals surface area contributed by atoms with E-state index >= 15 is 0 Å². The lowest BCUT2D eigenvalue weighted by molar-refractivity contribution is 0.277. The summed E-state index contributed by atoms with van der Waals surface area (Å²) in [4.78, 5) is 7.93. The van der Waals surface area contributed by atoms with E-state index in [1.807, 2.05) is 44.2 Å². The summed E-state index contributed by atoms with van der Waals surface area (Å²) in [7, 11) is 1.64. The van der Waals surface area contributed by atoms with Crippen molar-refractivity contribution in [3.8, 4) is 28.6 Å². The molecule has 0 aliphatic rings. The summed E-state index contributed by atoms with van der Waals surface area (Å²) in [6, 6.07) is 9.44. The van der Waals surface area contributed by atoms with Crippen LogP contribution in [0.25, 0.3) is 22.4 Å². The number of hydrogen-bond donors (Lipinski definition) is 1. The van der Waals surface area contributed by atoms with Crippen molar-refractivity contribution in [3.05, 3.63) is 35.4 Å². The third kappa shape index (κ3) is 3.66. The first kappa shape index (κ1) is 17.4. The first-order valence-electron chi connectivity index (χ1n) is 8.29.